The third kappa shape index (κ3) is 9.08. The standard InChI is InChI=1S/C35H65N3O8/c1-12-15-38-16-13-25(14-17-38)28(39)27-21-44-33(42)34(5,6)30(41)24(4)31(35(7,43-11)19-22(2)20-37(27)10)46-32-29(40)26(36(8)9)18-23(3)45-32/h22-29,31-32,39-40H,12-21H2,1-11H3/t22-,23-,24+,26+,27-,28-,29-,31-,32+,35-/m1/s1. The second-order valence-electron chi connectivity index (χ2n) is 15.5. The molecule has 0 amide bonds. The van der Waals surface area contributed by atoms with Gasteiger partial charge in [-0.25, -0.2) is 0 Å². The Bertz CT molecular complexity index is 989. The molecule has 0 aliphatic carbocycles. The zero-order valence-electron chi connectivity index (χ0n) is 30.5. The molecule has 3 heterocycles. The average Bonchev–Trinajstić information content (AvgIpc) is 3.00. The van der Waals surface area contributed by atoms with E-state index < -0.39 is 53.5 Å². The van der Waals surface area contributed by atoms with Gasteiger partial charge in [0.25, 0.3) is 0 Å². The molecule has 3 rings (SSSR count). The van der Waals surface area contributed by atoms with E-state index >= 15 is 0 Å². The molecule has 0 spiro atoms. The van der Waals surface area contributed by atoms with Crippen molar-refractivity contribution in [2.45, 2.75) is 129 Å². The number of carbonyl (C=O) groups excluding carboxylic acids is 2. The number of carbonyl (C=O) groups is 2. The van der Waals surface area contributed by atoms with Crippen LogP contribution >= 0.6 is 0 Å². The van der Waals surface area contributed by atoms with Crippen molar-refractivity contribution in [3.8, 4) is 0 Å². The lowest BCUT2D eigenvalue weighted by Gasteiger charge is -2.47. The van der Waals surface area contributed by atoms with Crippen molar-refractivity contribution in [3.63, 3.8) is 0 Å². The summed E-state index contributed by atoms with van der Waals surface area (Å²) in [6.07, 6.45) is 0.424. The van der Waals surface area contributed by atoms with Gasteiger partial charge in [-0.05, 0) is 112 Å². The fourth-order valence-corrected chi connectivity index (χ4v) is 8.07. The first-order valence-corrected chi connectivity index (χ1v) is 17.5. The lowest BCUT2D eigenvalue weighted by Crippen LogP contribution is -2.59. The molecule has 268 valence electrons. The Labute approximate surface area is 278 Å². The summed E-state index contributed by atoms with van der Waals surface area (Å²) in [6.45, 7) is 16.7. The molecule has 0 bridgehead atoms. The molecule has 3 saturated heterocycles. The van der Waals surface area contributed by atoms with Gasteiger partial charge in [0, 0.05) is 25.6 Å². The van der Waals surface area contributed by atoms with Crippen molar-refractivity contribution in [1.82, 2.24) is 14.7 Å². The normalized spacial score (nSPS) is 38.9. The maximum absolute atomic E-state index is 14.2. The van der Waals surface area contributed by atoms with Crippen LogP contribution in [0.4, 0.5) is 0 Å². The second kappa shape index (κ2) is 16.5. The van der Waals surface area contributed by atoms with Gasteiger partial charge in [-0.2, -0.15) is 0 Å². The van der Waals surface area contributed by atoms with Gasteiger partial charge < -0.3 is 39.0 Å². The molecule has 0 aromatic carbocycles. The number of ketones is 1. The van der Waals surface area contributed by atoms with Crippen molar-refractivity contribution in [2.24, 2.45) is 23.2 Å². The van der Waals surface area contributed by atoms with Gasteiger partial charge >= 0.3 is 5.97 Å². The SMILES string of the molecule is CCCN1CCC([C@@H](O)[C@H]2COC(=O)C(C)(C)C(=O)[C@H](C)[C@@H](O[C@@H]3O[C@H](C)C[C@H](N(C)C)[C@H]3O)[C@](C)(OC)C[C@@H](C)CN2C)CC1. The number of rotatable bonds is 8. The van der Waals surface area contributed by atoms with Crippen molar-refractivity contribution in [2.75, 3.05) is 61.0 Å². The first kappa shape index (κ1) is 39.3. The molecule has 0 saturated carbocycles. The molecule has 11 heteroatoms. The van der Waals surface area contributed by atoms with Gasteiger partial charge in [-0.1, -0.05) is 20.8 Å². The summed E-state index contributed by atoms with van der Waals surface area (Å²) in [5, 5.41) is 23.0. The minimum absolute atomic E-state index is 0.00310. The summed E-state index contributed by atoms with van der Waals surface area (Å²) in [7, 11) is 7.41. The topological polar surface area (TPSA) is 121 Å². The molecule has 3 aliphatic rings. The van der Waals surface area contributed by atoms with Crippen LogP contribution in [0, 0.1) is 23.2 Å². The van der Waals surface area contributed by atoms with E-state index in [1.165, 1.54) is 0 Å². The number of ether oxygens (including phenoxy) is 4. The largest absolute Gasteiger partial charge is 0.463 e. The molecule has 0 aromatic rings. The van der Waals surface area contributed by atoms with Crippen LogP contribution in [0.25, 0.3) is 0 Å². The van der Waals surface area contributed by atoms with Crippen LogP contribution in [-0.4, -0.2) is 146 Å². The lowest BCUT2D eigenvalue weighted by molar-refractivity contribution is -0.295. The highest BCUT2D eigenvalue weighted by Gasteiger charge is 2.51. The summed E-state index contributed by atoms with van der Waals surface area (Å²) in [6, 6.07) is -0.612. The van der Waals surface area contributed by atoms with Gasteiger partial charge in [0.15, 0.2) is 12.1 Å². The third-order valence-electron chi connectivity index (χ3n) is 11.0. The maximum Gasteiger partial charge on any atom is 0.319 e. The number of piperidine rings is 1. The predicted molar refractivity (Wildman–Crippen MR) is 177 cm³/mol. The number of aliphatic hydroxyl groups excluding tert-OH is 2. The van der Waals surface area contributed by atoms with E-state index in [0.29, 0.717) is 19.4 Å². The molecule has 11 nitrogen and oxygen atoms in total. The number of cyclic esters (lactones) is 1. The van der Waals surface area contributed by atoms with Gasteiger partial charge in [-0.3, -0.25) is 14.5 Å². The summed E-state index contributed by atoms with van der Waals surface area (Å²) in [4.78, 5) is 34.4. The number of hydrogen-bond donors (Lipinski definition) is 2. The van der Waals surface area contributed by atoms with Gasteiger partial charge in [-0.15, -0.1) is 0 Å². The lowest BCUT2D eigenvalue weighted by atomic mass is 9.74. The van der Waals surface area contributed by atoms with Crippen LogP contribution < -0.4 is 0 Å². The first-order chi connectivity index (χ1) is 21.5. The van der Waals surface area contributed by atoms with Crippen LogP contribution in [0.5, 0.6) is 0 Å². The number of likely N-dealkylation sites (tertiary alicyclic amines) is 1. The van der Waals surface area contributed by atoms with Crippen LogP contribution in [0.2, 0.25) is 0 Å². The second-order valence-corrected chi connectivity index (χ2v) is 15.5. The number of likely N-dealkylation sites (N-methyl/N-ethyl adjacent to an activating group) is 2. The summed E-state index contributed by atoms with van der Waals surface area (Å²) in [5.41, 5.74) is -2.46. The van der Waals surface area contributed by atoms with Crippen LogP contribution in [0.15, 0.2) is 0 Å². The fraction of sp³-hybridized carbons (Fsp3) is 0.943. The molecule has 0 radical (unpaired) electrons. The summed E-state index contributed by atoms with van der Waals surface area (Å²) in [5.74, 6) is -1.61. The smallest absolute Gasteiger partial charge is 0.319 e. The minimum Gasteiger partial charge on any atom is -0.463 e. The van der Waals surface area contributed by atoms with E-state index in [2.05, 4.69) is 23.6 Å². The Morgan fingerprint density at radius 3 is 2.30 bits per heavy atom. The maximum atomic E-state index is 14.2. The quantitative estimate of drug-likeness (QED) is 0.297. The number of nitrogens with zero attached hydrogens (tertiary/aromatic N) is 3. The summed E-state index contributed by atoms with van der Waals surface area (Å²) < 4.78 is 24.9. The highest BCUT2D eigenvalue weighted by Crippen LogP contribution is 2.38. The fourth-order valence-electron chi connectivity index (χ4n) is 8.07. The van der Waals surface area contributed by atoms with E-state index in [9.17, 15) is 19.8 Å². The number of Topliss-reactive ketones (excluding diaryl/α,β-unsaturated/α-hetero) is 1. The number of methoxy groups -OCH3 is 1. The monoisotopic (exact) mass is 655 g/mol. The average molecular weight is 656 g/mol. The molecule has 46 heavy (non-hydrogen) atoms. The highest BCUT2D eigenvalue weighted by atomic mass is 16.7. The molecule has 3 aliphatic heterocycles. The molecule has 0 unspecified atom stereocenters. The Hall–Kier alpha value is -1.18. The highest BCUT2D eigenvalue weighted by molar-refractivity contribution is 6.04. The number of esters is 1. The third-order valence-corrected chi connectivity index (χ3v) is 11.0. The molecule has 2 N–H and O–H groups in total. The van der Waals surface area contributed by atoms with E-state index in [0.717, 1.165) is 38.9 Å². The molecule has 3 fully saturated rings. The Kier molecular flexibility index (Phi) is 14.1. The molecular formula is C35H65N3O8. The molecular weight excluding hydrogens is 590 g/mol. The zero-order valence-corrected chi connectivity index (χ0v) is 30.5. The van der Waals surface area contributed by atoms with Crippen LogP contribution in [0.3, 0.4) is 0 Å². The predicted octanol–water partition coefficient (Wildman–Crippen LogP) is 2.80. The molecule has 10 atom stereocenters. The zero-order chi connectivity index (χ0) is 34.6. The van der Waals surface area contributed by atoms with Gasteiger partial charge in [0.1, 0.15) is 18.1 Å². The minimum atomic E-state index is -1.49. The van der Waals surface area contributed by atoms with Crippen LogP contribution in [0.1, 0.15) is 80.6 Å². The summed E-state index contributed by atoms with van der Waals surface area (Å²) >= 11 is 0. The van der Waals surface area contributed by atoms with E-state index in [-0.39, 0.29) is 36.4 Å². The van der Waals surface area contributed by atoms with E-state index in [4.69, 9.17) is 18.9 Å². The van der Waals surface area contributed by atoms with Crippen molar-refractivity contribution in [3.05, 3.63) is 0 Å². The first-order valence-electron chi connectivity index (χ1n) is 17.5. The van der Waals surface area contributed by atoms with Crippen molar-refractivity contribution in [1.29, 1.82) is 0 Å². The van der Waals surface area contributed by atoms with Gasteiger partial charge in [0.05, 0.1) is 30.0 Å². The number of hydrogen-bond acceptors (Lipinski definition) is 11. The van der Waals surface area contributed by atoms with Crippen molar-refractivity contribution < 1.29 is 38.7 Å². The Balaban J connectivity index is 1.94. The Morgan fingerprint density at radius 2 is 1.74 bits per heavy atom. The Morgan fingerprint density at radius 1 is 1.11 bits per heavy atom. The van der Waals surface area contributed by atoms with Crippen molar-refractivity contribution >= 4 is 11.8 Å². The van der Waals surface area contributed by atoms with Crippen LogP contribution in [-0.2, 0) is 28.5 Å². The van der Waals surface area contributed by atoms with E-state index in [1.54, 1.807) is 27.9 Å². The van der Waals surface area contributed by atoms with Gasteiger partial charge in [0.2, 0.25) is 0 Å². The van der Waals surface area contributed by atoms with E-state index in [1.807, 2.05) is 39.9 Å². The molecule has 0 aromatic heterocycles. The number of aliphatic hydroxyl groups is 2.